The molecule has 0 radical (unpaired) electrons. The molecule has 0 unspecified atom stereocenters. The highest BCUT2D eigenvalue weighted by molar-refractivity contribution is 6.04. The van der Waals surface area contributed by atoms with Crippen LogP contribution in [0.25, 0.3) is 0 Å². The first-order valence-corrected chi connectivity index (χ1v) is 8.09. The zero-order chi connectivity index (χ0) is 18.6. The van der Waals surface area contributed by atoms with E-state index in [0.29, 0.717) is 5.56 Å². The van der Waals surface area contributed by atoms with E-state index in [1.807, 2.05) is 11.6 Å². The zero-order valence-electron chi connectivity index (χ0n) is 14.8. The minimum Gasteiger partial charge on any atom is -0.464 e. The first-order chi connectivity index (χ1) is 11.9. The van der Waals surface area contributed by atoms with E-state index in [4.69, 9.17) is 0 Å². The number of anilines is 1. The average molecular weight is 346 g/mol. The molecule has 134 valence electrons. The molecule has 8 heteroatoms. The fraction of sp³-hybridized carbons (Fsp3) is 0.412. The molecular formula is C17H22N4O4. The van der Waals surface area contributed by atoms with Crippen molar-refractivity contribution in [2.75, 3.05) is 12.4 Å². The molecule has 0 aliphatic carbocycles. The molecule has 0 fully saturated rings. The number of nitrogens with one attached hydrogen (secondary N) is 2. The number of esters is 1. The summed E-state index contributed by atoms with van der Waals surface area (Å²) in [6.45, 7) is 5.96. The molecule has 0 aliphatic heterocycles. The number of ether oxygens (including phenoxy) is 1. The van der Waals surface area contributed by atoms with Gasteiger partial charge in [0.25, 0.3) is 11.5 Å². The summed E-state index contributed by atoms with van der Waals surface area (Å²) in [6, 6.07) is 2.97. The first-order valence-electron chi connectivity index (χ1n) is 8.09. The molecule has 2 rings (SSSR count). The maximum atomic E-state index is 12.5. The topological polar surface area (TPSA) is 106 Å². The lowest BCUT2D eigenvalue weighted by Gasteiger charge is -2.15. The smallest absolute Gasteiger partial charge is 0.354 e. The highest BCUT2D eigenvalue weighted by Gasteiger charge is 2.19. The van der Waals surface area contributed by atoms with Gasteiger partial charge in [-0.3, -0.25) is 14.3 Å². The summed E-state index contributed by atoms with van der Waals surface area (Å²) in [5.74, 6) is -1.08. The van der Waals surface area contributed by atoms with Gasteiger partial charge in [0.15, 0.2) is 0 Å². The number of carbonyl (C=O) groups excluding carboxylic acids is 2. The molecule has 25 heavy (non-hydrogen) atoms. The Balaban J connectivity index is 2.23. The van der Waals surface area contributed by atoms with Gasteiger partial charge in [0.2, 0.25) is 0 Å². The minimum atomic E-state index is -0.655. The van der Waals surface area contributed by atoms with Crippen LogP contribution in [-0.4, -0.2) is 33.8 Å². The number of hydrogen-bond donors (Lipinski definition) is 2. The third-order valence-electron chi connectivity index (χ3n) is 4.14. The van der Waals surface area contributed by atoms with Crippen LogP contribution in [0.2, 0.25) is 0 Å². The number of nitrogens with zero attached hydrogens (tertiary/aromatic N) is 2. The molecule has 2 aromatic heterocycles. The molecule has 2 heterocycles. The number of aromatic amines is 1. The van der Waals surface area contributed by atoms with Gasteiger partial charge in [-0.15, -0.1) is 0 Å². The van der Waals surface area contributed by atoms with E-state index in [1.54, 1.807) is 0 Å². The number of amides is 1. The number of rotatable bonds is 6. The fourth-order valence-electron chi connectivity index (χ4n) is 2.64. The molecule has 0 atom stereocenters. The predicted octanol–water partition coefficient (Wildman–Crippen LogP) is 2.28. The SMILES string of the molecule is CCC(CC)n1ncc(C(=O)Nc2ccc(C(=O)OC)[nH]c2=O)c1C. The van der Waals surface area contributed by atoms with Gasteiger partial charge in [-0.2, -0.15) is 5.10 Å². The van der Waals surface area contributed by atoms with Crippen molar-refractivity contribution in [2.45, 2.75) is 39.7 Å². The average Bonchev–Trinajstić information content (AvgIpc) is 2.99. The van der Waals surface area contributed by atoms with Gasteiger partial charge in [-0.1, -0.05) is 13.8 Å². The molecule has 0 aromatic carbocycles. The minimum absolute atomic E-state index is 0.0169. The van der Waals surface area contributed by atoms with E-state index >= 15 is 0 Å². The van der Waals surface area contributed by atoms with Gasteiger partial charge >= 0.3 is 5.97 Å². The molecule has 2 N–H and O–H groups in total. The van der Waals surface area contributed by atoms with Gasteiger partial charge in [0, 0.05) is 5.69 Å². The molecule has 0 saturated carbocycles. The van der Waals surface area contributed by atoms with Gasteiger partial charge in [0.05, 0.1) is 24.9 Å². The summed E-state index contributed by atoms with van der Waals surface area (Å²) < 4.78 is 6.37. The molecule has 2 aromatic rings. The number of hydrogen-bond acceptors (Lipinski definition) is 5. The van der Waals surface area contributed by atoms with Crippen molar-refractivity contribution in [1.29, 1.82) is 0 Å². The Morgan fingerprint density at radius 1 is 1.32 bits per heavy atom. The van der Waals surface area contributed by atoms with Crippen molar-refractivity contribution in [3.63, 3.8) is 0 Å². The van der Waals surface area contributed by atoms with Crippen LogP contribution in [0.15, 0.2) is 23.1 Å². The second-order valence-electron chi connectivity index (χ2n) is 5.62. The third-order valence-corrected chi connectivity index (χ3v) is 4.14. The van der Waals surface area contributed by atoms with Crippen LogP contribution in [0.5, 0.6) is 0 Å². The molecule has 0 saturated heterocycles. The Morgan fingerprint density at radius 3 is 2.56 bits per heavy atom. The van der Waals surface area contributed by atoms with E-state index in [-0.39, 0.29) is 17.4 Å². The van der Waals surface area contributed by atoms with Gasteiger partial charge in [-0.25, -0.2) is 4.79 Å². The summed E-state index contributed by atoms with van der Waals surface area (Å²) in [4.78, 5) is 38.3. The Bertz CT molecular complexity index is 833. The summed E-state index contributed by atoms with van der Waals surface area (Å²) in [6.07, 6.45) is 3.32. The van der Waals surface area contributed by atoms with E-state index in [1.165, 1.54) is 25.4 Å². The number of methoxy groups -OCH3 is 1. The summed E-state index contributed by atoms with van der Waals surface area (Å²) in [5, 5.41) is 6.85. The summed E-state index contributed by atoms with van der Waals surface area (Å²) in [5.41, 5.74) is 0.633. The van der Waals surface area contributed by atoms with Crippen molar-refractivity contribution in [1.82, 2.24) is 14.8 Å². The fourth-order valence-corrected chi connectivity index (χ4v) is 2.64. The van der Waals surface area contributed by atoms with Gasteiger partial charge < -0.3 is 15.0 Å². The first kappa shape index (κ1) is 18.4. The lowest BCUT2D eigenvalue weighted by molar-refractivity contribution is 0.0593. The lowest BCUT2D eigenvalue weighted by atomic mass is 10.1. The maximum absolute atomic E-state index is 12.5. The Kier molecular flexibility index (Phi) is 5.74. The van der Waals surface area contributed by atoms with E-state index in [9.17, 15) is 14.4 Å². The van der Waals surface area contributed by atoms with Crippen LogP contribution in [0, 0.1) is 6.92 Å². The maximum Gasteiger partial charge on any atom is 0.354 e. The van der Waals surface area contributed by atoms with Crippen molar-refractivity contribution in [3.05, 3.63) is 45.6 Å². The molecular weight excluding hydrogens is 324 g/mol. The number of H-pyrrole nitrogens is 1. The molecule has 0 bridgehead atoms. The Hall–Kier alpha value is -2.90. The van der Waals surface area contributed by atoms with Gasteiger partial charge in [0.1, 0.15) is 11.4 Å². The molecule has 8 nitrogen and oxygen atoms in total. The second kappa shape index (κ2) is 7.78. The van der Waals surface area contributed by atoms with E-state index in [0.717, 1.165) is 18.5 Å². The molecule has 0 aliphatic rings. The van der Waals surface area contributed by atoms with Crippen molar-refractivity contribution >= 4 is 17.6 Å². The monoisotopic (exact) mass is 346 g/mol. The predicted molar refractivity (Wildman–Crippen MR) is 92.9 cm³/mol. The lowest BCUT2D eigenvalue weighted by Crippen LogP contribution is -2.22. The highest BCUT2D eigenvalue weighted by atomic mass is 16.5. The molecule has 0 spiro atoms. The third kappa shape index (κ3) is 3.78. The Labute approximate surface area is 145 Å². The highest BCUT2D eigenvalue weighted by Crippen LogP contribution is 2.19. The number of pyridine rings is 1. The van der Waals surface area contributed by atoms with Gasteiger partial charge in [-0.05, 0) is 31.9 Å². The normalized spacial score (nSPS) is 10.8. The van der Waals surface area contributed by atoms with Crippen LogP contribution in [0.1, 0.15) is 59.3 Å². The van der Waals surface area contributed by atoms with E-state index < -0.39 is 17.4 Å². The summed E-state index contributed by atoms with van der Waals surface area (Å²) >= 11 is 0. The van der Waals surface area contributed by atoms with Crippen LogP contribution < -0.4 is 10.9 Å². The largest absolute Gasteiger partial charge is 0.464 e. The van der Waals surface area contributed by atoms with Crippen molar-refractivity contribution in [3.8, 4) is 0 Å². The quantitative estimate of drug-likeness (QED) is 0.781. The Morgan fingerprint density at radius 2 is 2.00 bits per heavy atom. The van der Waals surface area contributed by atoms with Crippen molar-refractivity contribution < 1.29 is 14.3 Å². The van der Waals surface area contributed by atoms with Crippen LogP contribution in [0.3, 0.4) is 0 Å². The van der Waals surface area contributed by atoms with Crippen LogP contribution >= 0.6 is 0 Å². The summed E-state index contributed by atoms with van der Waals surface area (Å²) in [7, 11) is 1.22. The zero-order valence-corrected chi connectivity index (χ0v) is 14.8. The van der Waals surface area contributed by atoms with Crippen LogP contribution in [0.4, 0.5) is 5.69 Å². The van der Waals surface area contributed by atoms with Crippen LogP contribution in [-0.2, 0) is 4.74 Å². The molecule has 1 amide bonds. The standard InChI is InChI=1S/C17H22N4O4/c1-5-11(6-2)21-10(3)12(9-18-21)15(22)19-13-7-8-14(17(24)25-4)20-16(13)23/h7-9,11H,5-6H2,1-4H3,(H,19,22)(H,20,23). The second-order valence-corrected chi connectivity index (χ2v) is 5.62. The number of carbonyl (C=O) groups is 2. The van der Waals surface area contributed by atoms with E-state index in [2.05, 4.69) is 34.0 Å². The number of aromatic nitrogens is 3. The van der Waals surface area contributed by atoms with Crippen molar-refractivity contribution in [2.24, 2.45) is 0 Å².